The molecule has 136 valence electrons. The van der Waals surface area contributed by atoms with Crippen molar-refractivity contribution < 1.29 is 5.11 Å². The maximum absolute atomic E-state index is 10.3. The molecule has 1 saturated heterocycles. The van der Waals surface area contributed by atoms with Crippen molar-refractivity contribution in [3.05, 3.63) is 35.2 Å². The molecule has 0 radical (unpaired) electrons. The maximum atomic E-state index is 10.3. The highest BCUT2D eigenvalue weighted by Gasteiger charge is 2.21. The predicted octanol–water partition coefficient (Wildman–Crippen LogP) is 3.16. The standard InChI is InChI=1S/C18H21BrN6O/c1-2-24-7-3-4-13(10-24)21-18-23-22-17(15-9-20-11-25(15)18)14-6-5-12(19)8-16(14)26/h5-6,8-9,11,13,26H,2-4,7,10H2,1H3,(H,21,23)/t13-/m1/s1. The summed E-state index contributed by atoms with van der Waals surface area (Å²) in [5.41, 5.74) is 2.05. The fourth-order valence-electron chi connectivity index (χ4n) is 3.47. The highest BCUT2D eigenvalue weighted by atomic mass is 79.9. The molecule has 3 heterocycles. The minimum Gasteiger partial charge on any atom is -0.507 e. The lowest BCUT2D eigenvalue weighted by atomic mass is 10.1. The summed E-state index contributed by atoms with van der Waals surface area (Å²) in [6, 6.07) is 5.69. The summed E-state index contributed by atoms with van der Waals surface area (Å²) in [7, 11) is 0. The van der Waals surface area contributed by atoms with E-state index in [1.165, 1.54) is 6.42 Å². The minimum absolute atomic E-state index is 0.156. The average molecular weight is 417 g/mol. The zero-order valence-electron chi connectivity index (χ0n) is 14.6. The van der Waals surface area contributed by atoms with Gasteiger partial charge >= 0.3 is 0 Å². The second-order valence-electron chi connectivity index (χ2n) is 6.56. The number of hydrogen-bond acceptors (Lipinski definition) is 6. The van der Waals surface area contributed by atoms with Crippen molar-refractivity contribution in [3.8, 4) is 17.0 Å². The zero-order chi connectivity index (χ0) is 18.1. The Morgan fingerprint density at radius 2 is 2.23 bits per heavy atom. The molecular weight excluding hydrogens is 396 g/mol. The van der Waals surface area contributed by atoms with Crippen molar-refractivity contribution in [1.82, 2.24) is 24.5 Å². The van der Waals surface area contributed by atoms with Crippen LogP contribution in [0.1, 0.15) is 19.8 Å². The number of imidazole rings is 1. The Morgan fingerprint density at radius 3 is 3.04 bits per heavy atom. The summed E-state index contributed by atoms with van der Waals surface area (Å²) >= 11 is 3.36. The molecule has 1 aliphatic heterocycles. The number of phenols is 1. The summed E-state index contributed by atoms with van der Waals surface area (Å²) in [5.74, 6) is 0.837. The highest BCUT2D eigenvalue weighted by molar-refractivity contribution is 9.10. The van der Waals surface area contributed by atoms with Crippen LogP contribution in [0.15, 0.2) is 35.2 Å². The number of halogens is 1. The van der Waals surface area contributed by atoms with E-state index in [1.54, 1.807) is 18.6 Å². The van der Waals surface area contributed by atoms with Crippen molar-refractivity contribution in [2.45, 2.75) is 25.8 Å². The summed E-state index contributed by atoms with van der Waals surface area (Å²) in [6.45, 7) is 5.41. The van der Waals surface area contributed by atoms with Gasteiger partial charge in [0.2, 0.25) is 5.95 Å². The van der Waals surface area contributed by atoms with Gasteiger partial charge in [-0.1, -0.05) is 22.9 Å². The molecule has 2 aromatic heterocycles. The van der Waals surface area contributed by atoms with E-state index in [9.17, 15) is 5.11 Å². The van der Waals surface area contributed by atoms with Gasteiger partial charge in [-0.2, -0.15) is 0 Å². The predicted molar refractivity (Wildman–Crippen MR) is 104 cm³/mol. The molecule has 7 nitrogen and oxygen atoms in total. The first-order chi connectivity index (χ1) is 12.7. The Bertz CT molecular complexity index is 927. The van der Waals surface area contributed by atoms with Crippen molar-refractivity contribution in [1.29, 1.82) is 0 Å². The quantitative estimate of drug-likeness (QED) is 0.679. The third-order valence-electron chi connectivity index (χ3n) is 4.85. The van der Waals surface area contributed by atoms with Crippen LogP contribution in [0, 0.1) is 0 Å². The van der Waals surface area contributed by atoms with Crippen LogP contribution in [-0.4, -0.2) is 55.3 Å². The molecule has 1 aliphatic rings. The first-order valence-electron chi connectivity index (χ1n) is 8.82. The molecule has 0 saturated carbocycles. The van der Waals surface area contributed by atoms with E-state index in [2.05, 4.69) is 48.3 Å². The molecule has 1 fully saturated rings. The molecule has 3 aromatic rings. The van der Waals surface area contributed by atoms with E-state index in [1.807, 2.05) is 16.5 Å². The van der Waals surface area contributed by atoms with Gasteiger partial charge in [-0.3, -0.25) is 4.40 Å². The van der Waals surface area contributed by atoms with Crippen molar-refractivity contribution in [3.63, 3.8) is 0 Å². The average Bonchev–Trinajstić information content (AvgIpc) is 3.13. The first kappa shape index (κ1) is 17.2. The van der Waals surface area contributed by atoms with Gasteiger partial charge in [0.25, 0.3) is 0 Å². The molecule has 2 N–H and O–H groups in total. The number of nitrogens with one attached hydrogen (secondary N) is 1. The number of nitrogens with zero attached hydrogens (tertiary/aromatic N) is 5. The fraction of sp³-hybridized carbons (Fsp3) is 0.389. The summed E-state index contributed by atoms with van der Waals surface area (Å²) < 4.78 is 2.71. The van der Waals surface area contributed by atoms with Crippen LogP contribution in [0.2, 0.25) is 0 Å². The lowest BCUT2D eigenvalue weighted by molar-refractivity contribution is 0.226. The number of benzene rings is 1. The van der Waals surface area contributed by atoms with Gasteiger partial charge in [0.05, 0.1) is 11.7 Å². The van der Waals surface area contributed by atoms with Crippen LogP contribution in [0.3, 0.4) is 0 Å². The van der Waals surface area contributed by atoms with Gasteiger partial charge in [-0.05, 0) is 44.1 Å². The molecule has 4 rings (SSSR count). The SMILES string of the molecule is CCN1CCC[C@@H](Nc2nnc(-c3ccc(Br)cc3O)c3cncn23)C1. The molecular formula is C18H21BrN6O. The maximum Gasteiger partial charge on any atom is 0.229 e. The number of likely N-dealkylation sites (tertiary alicyclic amines) is 1. The highest BCUT2D eigenvalue weighted by Crippen LogP contribution is 2.33. The Balaban J connectivity index is 1.68. The van der Waals surface area contributed by atoms with Gasteiger partial charge in [-0.15, -0.1) is 10.2 Å². The van der Waals surface area contributed by atoms with E-state index in [0.717, 1.165) is 36.0 Å². The molecule has 1 aromatic carbocycles. The number of phenolic OH excluding ortho intramolecular Hbond substituents is 1. The van der Waals surface area contributed by atoms with Gasteiger partial charge in [0.15, 0.2) is 0 Å². The van der Waals surface area contributed by atoms with Gasteiger partial charge < -0.3 is 15.3 Å². The Labute approximate surface area is 160 Å². The van der Waals surface area contributed by atoms with E-state index < -0.39 is 0 Å². The minimum atomic E-state index is 0.156. The number of aromatic hydroxyl groups is 1. The summed E-state index contributed by atoms with van der Waals surface area (Å²) in [6.07, 6.45) is 5.77. The molecule has 0 amide bonds. The van der Waals surface area contributed by atoms with Crippen LogP contribution < -0.4 is 5.32 Å². The van der Waals surface area contributed by atoms with Gasteiger partial charge in [0, 0.05) is 22.6 Å². The second kappa shape index (κ2) is 7.20. The van der Waals surface area contributed by atoms with E-state index in [4.69, 9.17) is 0 Å². The lowest BCUT2D eigenvalue weighted by Crippen LogP contribution is -2.42. The number of aromatic nitrogens is 4. The number of hydrogen-bond donors (Lipinski definition) is 2. The van der Waals surface area contributed by atoms with Crippen LogP contribution in [0.5, 0.6) is 5.75 Å². The summed E-state index contributed by atoms with van der Waals surface area (Å²) in [4.78, 5) is 6.70. The van der Waals surface area contributed by atoms with Crippen molar-refractivity contribution in [2.24, 2.45) is 0 Å². The van der Waals surface area contributed by atoms with E-state index >= 15 is 0 Å². The number of anilines is 1. The smallest absolute Gasteiger partial charge is 0.229 e. The third-order valence-corrected chi connectivity index (χ3v) is 5.35. The summed E-state index contributed by atoms with van der Waals surface area (Å²) in [5, 5.41) is 22.6. The molecule has 8 heteroatoms. The molecule has 0 unspecified atom stereocenters. The largest absolute Gasteiger partial charge is 0.507 e. The first-order valence-corrected chi connectivity index (χ1v) is 9.61. The molecule has 1 atom stereocenters. The van der Waals surface area contributed by atoms with E-state index in [-0.39, 0.29) is 5.75 Å². The second-order valence-corrected chi connectivity index (χ2v) is 7.47. The van der Waals surface area contributed by atoms with Gasteiger partial charge in [-0.25, -0.2) is 4.98 Å². The Hall–Kier alpha value is -2.19. The zero-order valence-corrected chi connectivity index (χ0v) is 16.1. The van der Waals surface area contributed by atoms with Crippen LogP contribution in [0.25, 0.3) is 16.8 Å². The van der Waals surface area contributed by atoms with Crippen LogP contribution in [-0.2, 0) is 0 Å². The topological polar surface area (TPSA) is 78.6 Å². The molecule has 0 spiro atoms. The van der Waals surface area contributed by atoms with Crippen molar-refractivity contribution >= 4 is 27.4 Å². The van der Waals surface area contributed by atoms with E-state index in [0.29, 0.717) is 23.2 Å². The Morgan fingerprint density at radius 1 is 1.35 bits per heavy atom. The fourth-order valence-corrected chi connectivity index (χ4v) is 3.82. The number of likely N-dealkylation sites (N-methyl/N-ethyl adjacent to an activating group) is 1. The van der Waals surface area contributed by atoms with Crippen LogP contribution in [0.4, 0.5) is 5.95 Å². The Kier molecular flexibility index (Phi) is 4.78. The lowest BCUT2D eigenvalue weighted by Gasteiger charge is -2.32. The molecule has 26 heavy (non-hydrogen) atoms. The molecule has 0 bridgehead atoms. The molecule has 0 aliphatic carbocycles. The van der Waals surface area contributed by atoms with Gasteiger partial charge in [0.1, 0.15) is 17.8 Å². The monoisotopic (exact) mass is 416 g/mol. The number of piperidine rings is 1. The third kappa shape index (κ3) is 3.26. The number of fused-ring (bicyclic) bond motifs is 1. The normalized spacial score (nSPS) is 18.3. The van der Waals surface area contributed by atoms with Crippen molar-refractivity contribution in [2.75, 3.05) is 25.0 Å². The number of rotatable bonds is 4. The van der Waals surface area contributed by atoms with Crippen LogP contribution >= 0.6 is 15.9 Å².